The standard InChI is InChI=1S/C11H23NO2S/c1-5-11(4,6-2)12-7-8-15(13,14)9-10(12)3/h10H,5-9H2,1-4H3. The van der Waals surface area contributed by atoms with Crippen LogP contribution < -0.4 is 0 Å². The smallest absolute Gasteiger partial charge is 0.153 e. The molecule has 0 aliphatic carbocycles. The molecule has 1 heterocycles. The Hall–Kier alpha value is -0.0900. The van der Waals surface area contributed by atoms with E-state index >= 15 is 0 Å². The van der Waals surface area contributed by atoms with Crippen LogP contribution in [0, 0.1) is 0 Å². The largest absolute Gasteiger partial charge is 0.293 e. The summed E-state index contributed by atoms with van der Waals surface area (Å²) in [6.45, 7) is 9.32. The minimum absolute atomic E-state index is 0.161. The Labute approximate surface area is 93.8 Å². The molecule has 0 amide bonds. The predicted octanol–water partition coefficient (Wildman–Crippen LogP) is 1.68. The van der Waals surface area contributed by atoms with Crippen molar-refractivity contribution in [3.05, 3.63) is 0 Å². The lowest BCUT2D eigenvalue weighted by atomic mass is 9.91. The van der Waals surface area contributed by atoms with Crippen molar-refractivity contribution in [2.45, 2.75) is 52.1 Å². The summed E-state index contributed by atoms with van der Waals surface area (Å²) >= 11 is 0. The quantitative estimate of drug-likeness (QED) is 0.744. The third-order valence-corrected chi connectivity index (χ3v) is 5.68. The normalized spacial score (nSPS) is 27.9. The Balaban J connectivity index is 2.82. The molecule has 1 saturated heterocycles. The SMILES string of the molecule is CCC(C)(CC)N1CCS(=O)(=O)CC1C. The first-order chi connectivity index (χ1) is 6.84. The van der Waals surface area contributed by atoms with Crippen LogP contribution in [-0.2, 0) is 9.84 Å². The average molecular weight is 233 g/mol. The van der Waals surface area contributed by atoms with Crippen molar-refractivity contribution >= 4 is 9.84 Å². The average Bonchev–Trinajstić information content (AvgIpc) is 2.15. The van der Waals surface area contributed by atoms with Gasteiger partial charge >= 0.3 is 0 Å². The molecule has 0 aromatic carbocycles. The second-order valence-corrected chi connectivity index (χ2v) is 7.09. The van der Waals surface area contributed by atoms with Gasteiger partial charge in [0.2, 0.25) is 0 Å². The zero-order valence-electron chi connectivity index (χ0n) is 10.3. The molecule has 0 saturated carbocycles. The van der Waals surface area contributed by atoms with Gasteiger partial charge in [-0.15, -0.1) is 0 Å². The maximum absolute atomic E-state index is 11.5. The van der Waals surface area contributed by atoms with Gasteiger partial charge in [0, 0.05) is 18.1 Å². The number of nitrogens with zero attached hydrogens (tertiary/aromatic N) is 1. The van der Waals surface area contributed by atoms with Gasteiger partial charge < -0.3 is 0 Å². The van der Waals surface area contributed by atoms with E-state index in [0.717, 1.165) is 12.8 Å². The second kappa shape index (κ2) is 4.42. The van der Waals surface area contributed by atoms with Crippen molar-refractivity contribution in [1.82, 2.24) is 4.90 Å². The second-order valence-electron chi connectivity index (χ2n) is 4.86. The van der Waals surface area contributed by atoms with E-state index in [1.807, 2.05) is 6.92 Å². The molecular formula is C11H23NO2S. The molecule has 90 valence electrons. The fraction of sp³-hybridized carbons (Fsp3) is 1.00. The zero-order chi connectivity index (χ0) is 11.7. The number of rotatable bonds is 3. The Kier molecular flexibility index (Phi) is 3.82. The van der Waals surface area contributed by atoms with Crippen molar-refractivity contribution in [2.75, 3.05) is 18.1 Å². The molecule has 0 bridgehead atoms. The molecule has 0 N–H and O–H groups in total. The summed E-state index contributed by atoms with van der Waals surface area (Å²) in [5, 5.41) is 0. The van der Waals surface area contributed by atoms with Crippen LogP contribution in [0.4, 0.5) is 0 Å². The summed E-state index contributed by atoms with van der Waals surface area (Å²) in [6.07, 6.45) is 2.15. The molecule has 15 heavy (non-hydrogen) atoms. The first-order valence-corrected chi connectivity index (χ1v) is 7.64. The lowest BCUT2D eigenvalue weighted by molar-refractivity contribution is 0.0658. The van der Waals surface area contributed by atoms with Gasteiger partial charge in [-0.2, -0.15) is 0 Å². The molecule has 0 radical (unpaired) electrons. The van der Waals surface area contributed by atoms with E-state index in [2.05, 4.69) is 25.7 Å². The Bertz CT molecular complexity index is 307. The molecule has 1 unspecified atom stereocenters. The highest BCUT2D eigenvalue weighted by Gasteiger charge is 2.37. The minimum Gasteiger partial charge on any atom is -0.293 e. The maximum atomic E-state index is 11.5. The Morgan fingerprint density at radius 1 is 1.33 bits per heavy atom. The summed E-state index contributed by atoms with van der Waals surface area (Å²) in [5.41, 5.74) is 0.162. The molecular weight excluding hydrogens is 210 g/mol. The number of sulfone groups is 1. The first kappa shape index (κ1) is 13.0. The highest BCUT2D eigenvalue weighted by atomic mass is 32.2. The lowest BCUT2D eigenvalue weighted by Crippen LogP contribution is -2.57. The van der Waals surface area contributed by atoms with Crippen LogP contribution >= 0.6 is 0 Å². The van der Waals surface area contributed by atoms with Crippen LogP contribution in [0.15, 0.2) is 0 Å². The predicted molar refractivity (Wildman–Crippen MR) is 63.8 cm³/mol. The molecule has 0 aromatic rings. The topological polar surface area (TPSA) is 37.4 Å². The van der Waals surface area contributed by atoms with Crippen LogP contribution in [0.1, 0.15) is 40.5 Å². The molecule has 1 aliphatic rings. The van der Waals surface area contributed by atoms with Gasteiger partial charge in [0.15, 0.2) is 9.84 Å². The van der Waals surface area contributed by atoms with Gasteiger partial charge in [0.1, 0.15) is 0 Å². The van der Waals surface area contributed by atoms with Gasteiger partial charge in [-0.3, -0.25) is 4.90 Å². The highest BCUT2D eigenvalue weighted by molar-refractivity contribution is 7.91. The van der Waals surface area contributed by atoms with E-state index in [4.69, 9.17) is 0 Å². The fourth-order valence-corrected chi connectivity index (χ4v) is 4.01. The van der Waals surface area contributed by atoms with Crippen LogP contribution in [0.2, 0.25) is 0 Å². The zero-order valence-corrected chi connectivity index (χ0v) is 11.1. The molecule has 4 heteroatoms. The Morgan fingerprint density at radius 3 is 2.27 bits per heavy atom. The van der Waals surface area contributed by atoms with E-state index in [0.29, 0.717) is 18.1 Å². The van der Waals surface area contributed by atoms with E-state index in [1.165, 1.54) is 0 Å². The van der Waals surface area contributed by atoms with Crippen molar-refractivity contribution in [1.29, 1.82) is 0 Å². The van der Waals surface area contributed by atoms with Gasteiger partial charge in [0.05, 0.1) is 11.5 Å². The molecule has 1 atom stereocenters. The third kappa shape index (κ3) is 2.72. The van der Waals surface area contributed by atoms with Crippen molar-refractivity contribution in [2.24, 2.45) is 0 Å². The summed E-state index contributed by atoms with van der Waals surface area (Å²) in [6, 6.07) is 0.161. The van der Waals surface area contributed by atoms with Crippen molar-refractivity contribution < 1.29 is 8.42 Å². The summed E-state index contributed by atoms with van der Waals surface area (Å²) in [5.74, 6) is 0.648. The van der Waals surface area contributed by atoms with Crippen LogP contribution in [-0.4, -0.2) is 42.9 Å². The van der Waals surface area contributed by atoms with Gasteiger partial charge in [-0.1, -0.05) is 13.8 Å². The summed E-state index contributed by atoms with van der Waals surface area (Å²) in [7, 11) is -2.78. The van der Waals surface area contributed by atoms with Crippen molar-refractivity contribution in [3.63, 3.8) is 0 Å². The third-order valence-electron chi connectivity index (χ3n) is 3.89. The van der Waals surface area contributed by atoms with Crippen molar-refractivity contribution in [3.8, 4) is 0 Å². The molecule has 3 nitrogen and oxygen atoms in total. The number of hydrogen-bond acceptors (Lipinski definition) is 3. The van der Waals surface area contributed by atoms with Crippen LogP contribution in [0.5, 0.6) is 0 Å². The summed E-state index contributed by atoms with van der Waals surface area (Å²) < 4.78 is 23.0. The van der Waals surface area contributed by atoms with Gasteiger partial charge in [-0.25, -0.2) is 8.42 Å². The van der Waals surface area contributed by atoms with Gasteiger partial charge in [-0.05, 0) is 26.7 Å². The molecule has 1 aliphatic heterocycles. The van der Waals surface area contributed by atoms with E-state index in [1.54, 1.807) is 0 Å². The van der Waals surface area contributed by atoms with Crippen LogP contribution in [0.25, 0.3) is 0 Å². The maximum Gasteiger partial charge on any atom is 0.153 e. The van der Waals surface area contributed by atoms with Crippen LogP contribution in [0.3, 0.4) is 0 Å². The monoisotopic (exact) mass is 233 g/mol. The highest BCUT2D eigenvalue weighted by Crippen LogP contribution is 2.28. The molecule has 1 fully saturated rings. The molecule has 0 spiro atoms. The van der Waals surface area contributed by atoms with E-state index in [-0.39, 0.29) is 11.6 Å². The van der Waals surface area contributed by atoms with E-state index < -0.39 is 9.84 Å². The molecule has 1 rings (SSSR count). The van der Waals surface area contributed by atoms with E-state index in [9.17, 15) is 8.42 Å². The number of hydrogen-bond donors (Lipinski definition) is 0. The first-order valence-electron chi connectivity index (χ1n) is 5.82. The summed E-state index contributed by atoms with van der Waals surface area (Å²) in [4.78, 5) is 2.37. The minimum atomic E-state index is -2.78. The fourth-order valence-electron chi connectivity index (χ4n) is 2.46. The lowest BCUT2D eigenvalue weighted by Gasteiger charge is -2.46. The Morgan fingerprint density at radius 2 is 1.87 bits per heavy atom. The molecule has 0 aromatic heterocycles. The van der Waals surface area contributed by atoms with Gasteiger partial charge in [0.25, 0.3) is 0 Å².